The summed E-state index contributed by atoms with van der Waals surface area (Å²) in [4.78, 5) is 2.33. The Bertz CT molecular complexity index is 509. The van der Waals surface area contributed by atoms with E-state index in [4.69, 9.17) is 11.6 Å². The summed E-state index contributed by atoms with van der Waals surface area (Å²) < 4.78 is 0. The number of rotatable bonds is 2. The Labute approximate surface area is 105 Å². The van der Waals surface area contributed by atoms with Crippen molar-refractivity contribution >= 4 is 17.3 Å². The summed E-state index contributed by atoms with van der Waals surface area (Å²) in [5, 5.41) is 11.4. The molecule has 0 aliphatic carbocycles. The highest BCUT2D eigenvalue weighted by molar-refractivity contribution is 6.30. The van der Waals surface area contributed by atoms with Crippen molar-refractivity contribution in [3.63, 3.8) is 0 Å². The highest BCUT2D eigenvalue weighted by atomic mass is 35.5. The third kappa shape index (κ3) is 2.13. The van der Waals surface area contributed by atoms with Gasteiger partial charge in [-0.05, 0) is 36.6 Å². The lowest BCUT2D eigenvalue weighted by Crippen LogP contribution is -2.28. The van der Waals surface area contributed by atoms with Crippen LogP contribution in [0.1, 0.15) is 17.7 Å². The molecule has 2 aromatic rings. The van der Waals surface area contributed by atoms with E-state index in [1.165, 1.54) is 11.3 Å². The fourth-order valence-electron chi connectivity index (χ4n) is 2.30. The molecule has 17 heavy (non-hydrogen) atoms. The third-order valence-electron chi connectivity index (χ3n) is 3.07. The zero-order valence-corrected chi connectivity index (χ0v) is 10.1. The van der Waals surface area contributed by atoms with Gasteiger partial charge in [-0.3, -0.25) is 0 Å². The molecule has 4 nitrogen and oxygen atoms in total. The zero-order chi connectivity index (χ0) is 11.7. The van der Waals surface area contributed by atoms with Gasteiger partial charge in [-0.1, -0.05) is 11.6 Å². The molecule has 0 amide bonds. The Hall–Kier alpha value is -1.55. The van der Waals surface area contributed by atoms with E-state index in [9.17, 15) is 0 Å². The Morgan fingerprint density at radius 2 is 2.35 bits per heavy atom. The molecule has 0 saturated heterocycles. The van der Waals surface area contributed by atoms with Gasteiger partial charge in [-0.15, -0.1) is 0 Å². The minimum atomic E-state index is 0.797. The number of aromatic amines is 1. The lowest BCUT2D eigenvalue weighted by Gasteiger charge is -2.30. The number of nitrogens with one attached hydrogen (secondary N) is 1. The van der Waals surface area contributed by atoms with E-state index < -0.39 is 0 Å². The number of hydrogen-bond donors (Lipinski definition) is 1. The molecule has 1 aromatic carbocycles. The normalized spacial score (nSPS) is 14.8. The molecule has 0 saturated carbocycles. The van der Waals surface area contributed by atoms with Crippen LogP contribution in [0.3, 0.4) is 0 Å². The minimum absolute atomic E-state index is 0.797. The van der Waals surface area contributed by atoms with Gasteiger partial charge in [0.05, 0.1) is 12.7 Å². The van der Waals surface area contributed by atoms with Gasteiger partial charge in [0.2, 0.25) is 0 Å². The van der Waals surface area contributed by atoms with E-state index in [0.717, 1.165) is 36.6 Å². The van der Waals surface area contributed by atoms with Gasteiger partial charge in [0.25, 0.3) is 0 Å². The first-order chi connectivity index (χ1) is 8.33. The molecule has 0 bridgehead atoms. The van der Waals surface area contributed by atoms with Gasteiger partial charge in [-0.2, -0.15) is 15.4 Å². The predicted octanol–water partition coefficient (Wildman–Crippen LogP) is 2.41. The summed E-state index contributed by atoms with van der Waals surface area (Å²) >= 11 is 6.02. The largest absolute Gasteiger partial charge is 0.365 e. The number of aromatic nitrogens is 3. The van der Waals surface area contributed by atoms with Gasteiger partial charge in [0.1, 0.15) is 5.69 Å². The number of nitrogens with zero attached hydrogens (tertiary/aromatic N) is 3. The molecule has 0 unspecified atom stereocenters. The SMILES string of the molecule is Clc1ccc2c(c1)CCCN2Cc1cn[nH]n1. The van der Waals surface area contributed by atoms with E-state index in [1.54, 1.807) is 6.20 Å². The van der Waals surface area contributed by atoms with Crippen molar-refractivity contribution in [2.24, 2.45) is 0 Å². The van der Waals surface area contributed by atoms with E-state index >= 15 is 0 Å². The van der Waals surface area contributed by atoms with Crippen LogP contribution in [0.15, 0.2) is 24.4 Å². The second kappa shape index (κ2) is 4.37. The summed E-state index contributed by atoms with van der Waals surface area (Å²) in [6.45, 7) is 1.85. The molecule has 0 fully saturated rings. The predicted molar refractivity (Wildman–Crippen MR) is 67.2 cm³/mol. The maximum Gasteiger partial charge on any atom is 0.102 e. The first kappa shape index (κ1) is 10.6. The van der Waals surface area contributed by atoms with Crippen LogP contribution in [0, 0.1) is 0 Å². The number of hydrogen-bond acceptors (Lipinski definition) is 3. The van der Waals surface area contributed by atoms with Gasteiger partial charge in [0.15, 0.2) is 0 Å². The second-order valence-electron chi connectivity index (χ2n) is 4.26. The number of anilines is 1. The molecular formula is C12H13ClN4. The first-order valence-electron chi connectivity index (χ1n) is 5.71. The Kier molecular flexibility index (Phi) is 2.73. The first-order valence-corrected chi connectivity index (χ1v) is 6.09. The van der Waals surface area contributed by atoms with Crippen molar-refractivity contribution in [1.82, 2.24) is 15.4 Å². The lowest BCUT2D eigenvalue weighted by molar-refractivity contribution is 0.682. The zero-order valence-electron chi connectivity index (χ0n) is 9.36. The van der Waals surface area contributed by atoms with Crippen molar-refractivity contribution in [1.29, 1.82) is 0 Å². The molecule has 0 atom stereocenters. The smallest absolute Gasteiger partial charge is 0.102 e. The Morgan fingerprint density at radius 3 is 3.18 bits per heavy atom. The van der Waals surface area contributed by atoms with Crippen LogP contribution in [-0.4, -0.2) is 22.0 Å². The van der Waals surface area contributed by atoms with E-state index in [-0.39, 0.29) is 0 Å². The summed E-state index contributed by atoms with van der Waals surface area (Å²) in [5.41, 5.74) is 3.56. The monoisotopic (exact) mass is 248 g/mol. The number of fused-ring (bicyclic) bond motifs is 1. The van der Waals surface area contributed by atoms with Gasteiger partial charge in [-0.25, -0.2) is 0 Å². The van der Waals surface area contributed by atoms with Gasteiger partial charge in [0, 0.05) is 17.3 Å². The van der Waals surface area contributed by atoms with Crippen LogP contribution in [0.5, 0.6) is 0 Å². The summed E-state index contributed by atoms with van der Waals surface area (Å²) in [5.74, 6) is 0. The number of aryl methyl sites for hydroxylation is 1. The minimum Gasteiger partial charge on any atom is -0.365 e. The quantitative estimate of drug-likeness (QED) is 0.888. The van der Waals surface area contributed by atoms with Crippen molar-refractivity contribution in [2.45, 2.75) is 19.4 Å². The summed E-state index contributed by atoms with van der Waals surface area (Å²) in [6, 6.07) is 6.10. The molecule has 1 aliphatic heterocycles. The average molecular weight is 249 g/mol. The molecule has 3 rings (SSSR count). The number of benzene rings is 1. The van der Waals surface area contributed by atoms with E-state index in [1.807, 2.05) is 6.07 Å². The third-order valence-corrected chi connectivity index (χ3v) is 3.31. The van der Waals surface area contributed by atoms with Crippen LogP contribution in [0.25, 0.3) is 0 Å². The molecule has 2 heterocycles. The molecule has 88 valence electrons. The maximum atomic E-state index is 6.02. The standard InChI is InChI=1S/C12H13ClN4/c13-10-3-4-12-9(6-10)2-1-5-17(12)8-11-7-14-16-15-11/h3-4,6-7H,1-2,5,8H2,(H,14,15,16). The second-order valence-corrected chi connectivity index (χ2v) is 4.70. The summed E-state index contributed by atoms with van der Waals surface area (Å²) in [7, 11) is 0. The van der Waals surface area contributed by atoms with Crippen LogP contribution >= 0.6 is 11.6 Å². The molecule has 5 heteroatoms. The van der Waals surface area contributed by atoms with Crippen LogP contribution in [0.2, 0.25) is 5.02 Å². The van der Waals surface area contributed by atoms with Crippen molar-refractivity contribution < 1.29 is 0 Å². The molecule has 0 radical (unpaired) electrons. The van der Waals surface area contributed by atoms with Gasteiger partial charge >= 0.3 is 0 Å². The Balaban J connectivity index is 1.89. The molecule has 1 aromatic heterocycles. The van der Waals surface area contributed by atoms with E-state index in [2.05, 4.69) is 32.4 Å². The lowest BCUT2D eigenvalue weighted by atomic mass is 10.0. The van der Waals surface area contributed by atoms with Crippen molar-refractivity contribution in [3.8, 4) is 0 Å². The molecule has 0 spiro atoms. The average Bonchev–Trinajstić information content (AvgIpc) is 2.82. The fraction of sp³-hybridized carbons (Fsp3) is 0.333. The van der Waals surface area contributed by atoms with Crippen molar-refractivity contribution in [2.75, 3.05) is 11.4 Å². The molecular weight excluding hydrogens is 236 g/mol. The number of H-pyrrole nitrogens is 1. The van der Waals surface area contributed by atoms with Crippen LogP contribution in [0.4, 0.5) is 5.69 Å². The highest BCUT2D eigenvalue weighted by Crippen LogP contribution is 2.30. The maximum absolute atomic E-state index is 6.02. The number of halogens is 1. The molecule has 1 aliphatic rings. The van der Waals surface area contributed by atoms with Crippen LogP contribution < -0.4 is 4.90 Å². The fourth-order valence-corrected chi connectivity index (χ4v) is 2.50. The van der Waals surface area contributed by atoms with E-state index in [0.29, 0.717) is 0 Å². The van der Waals surface area contributed by atoms with Crippen LogP contribution in [-0.2, 0) is 13.0 Å². The summed E-state index contributed by atoms with van der Waals surface area (Å²) in [6.07, 6.45) is 4.03. The van der Waals surface area contributed by atoms with Gasteiger partial charge < -0.3 is 4.90 Å². The Morgan fingerprint density at radius 1 is 1.41 bits per heavy atom. The highest BCUT2D eigenvalue weighted by Gasteiger charge is 2.17. The topological polar surface area (TPSA) is 44.8 Å². The molecule has 1 N–H and O–H groups in total. The van der Waals surface area contributed by atoms with Crippen molar-refractivity contribution in [3.05, 3.63) is 40.7 Å².